The third kappa shape index (κ3) is 61.0. The predicted molar refractivity (Wildman–Crippen MR) is 333 cm³/mol. The van der Waals surface area contributed by atoms with Crippen LogP contribution in [0.5, 0.6) is 0 Å². The van der Waals surface area contributed by atoms with E-state index in [0.717, 1.165) is 57.8 Å². The van der Waals surface area contributed by atoms with Crippen molar-refractivity contribution in [3.8, 4) is 0 Å². The molecular weight excluding hydrogens is 935 g/mol. The number of hydrogen-bond donors (Lipinski definition) is 3. The van der Waals surface area contributed by atoms with Crippen LogP contribution in [0.4, 0.5) is 0 Å². The fourth-order valence-corrected chi connectivity index (χ4v) is 10.4. The Bertz CT molecular complexity index is 1270. The van der Waals surface area contributed by atoms with E-state index >= 15 is 0 Å². The Balaban J connectivity index is 3.46. The first-order chi connectivity index (χ1) is 37.5. The lowest BCUT2D eigenvalue weighted by Crippen LogP contribution is -2.45. The summed E-state index contributed by atoms with van der Waals surface area (Å²) in [4.78, 5) is 24.6. The molecule has 0 aliphatic carbocycles. The Labute approximate surface area is 474 Å². The van der Waals surface area contributed by atoms with E-state index in [1.807, 2.05) is 6.08 Å². The highest BCUT2D eigenvalue weighted by atomic mass is 16.5. The van der Waals surface area contributed by atoms with Gasteiger partial charge >= 0.3 is 5.97 Å². The molecule has 0 aromatic heterocycles. The van der Waals surface area contributed by atoms with Gasteiger partial charge in [-0.2, -0.15) is 0 Å². The normalized spacial score (nSPS) is 12.8. The van der Waals surface area contributed by atoms with Gasteiger partial charge < -0.3 is 20.3 Å². The number of allylic oxidation sites excluding steroid dienone is 7. The Morgan fingerprint density at radius 3 is 1.04 bits per heavy atom. The van der Waals surface area contributed by atoms with Gasteiger partial charge in [-0.3, -0.25) is 9.59 Å². The summed E-state index contributed by atoms with van der Waals surface area (Å²) in [6, 6.07) is -0.635. The summed E-state index contributed by atoms with van der Waals surface area (Å²) in [7, 11) is 0. The lowest BCUT2D eigenvalue weighted by Gasteiger charge is -2.20. The Hall–Kier alpha value is -2.18. The average Bonchev–Trinajstić information content (AvgIpc) is 3.42. The molecular formula is C70H131NO5. The van der Waals surface area contributed by atoms with Gasteiger partial charge in [0.25, 0.3) is 0 Å². The van der Waals surface area contributed by atoms with Crippen molar-refractivity contribution in [1.29, 1.82) is 0 Å². The number of esters is 1. The van der Waals surface area contributed by atoms with Gasteiger partial charge in [0.2, 0.25) is 5.91 Å². The van der Waals surface area contributed by atoms with Gasteiger partial charge in [-0.05, 0) is 89.9 Å². The van der Waals surface area contributed by atoms with Crippen LogP contribution >= 0.6 is 0 Å². The molecule has 0 bridgehead atoms. The first kappa shape index (κ1) is 73.8. The number of rotatable bonds is 63. The van der Waals surface area contributed by atoms with E-state index in [4.69, 9.17) is 4.74 Å². The van der Waals surface area contributed by atoms with Crippen LogP contribution in [0.1, 0.15) is 361 Å². The minimum atomic E-state index is -0.851. The molecule has 0 saturated carbocycles. The molecule has 0 aliphatic rings. The molecule has 3 N–H and O–H groups in total. The first-order valence-electron chi connectivity index (χ1n) is 33.9. The minimum absolute atomic E-state index is 0.00452. The third-order valence-electron chi connectivity index (χ3n) is 15.6. The standard InChI is InChI=1S/C70H131NO5/c1-3-5-7-9-11-13-15-17-19-20-21-22-25-28-31-35-38-42-46-50-54-58-62-68(73)67(66-72)71-69(74)63-59-55-51-47-43-39-36-32-29-26-23-24-27-30-33-37-41-45-49-53-57-61-65-76-70(75)64-60-56-52-48-44-40-34-18-16-14-12-10-8-6-4-2/h12,14,18,26,29,34,58,62,67-68,72-73H,3-11,13,15-17,19-25,27-28,30-33,35-57,59-61,63-66H2,1-2H3,(H,71,74)/b14-12-,29-26-,34-18-,62-58+. The van der Waals surface area contributed by atoms with Crippen molar-refractivity contribution in [3.63, 3.8) is 0 Å². The van der Waals surface area contributed by atoms with Crippen molar-refractivity contribution in [1.82, 2.24) is 5.32 Å². The van der Waals surface area contributed by atoms with Crippen LogP contribution in [0, 0.1) is 0 Å². The summed E-state index contributed by atoms with van der Waals surface area (Å²) in [5.74, 6) is -0.0770. The summed E-state index contributed by atoms with van der Waals surface area (Å²) >= 11 is 0. The maximum Gasteiger partial charge on any atom is 0.305 e. The van der Waals surface area contributed by atoms with Crippen molar-refractivity contribution < 1.29 is 24.5 Å². The van der Waals surface area contributed by atoms with E-state index in [-0.39, 0.29) is 18.5 Å². The van der Waals surface area contributed by atoms with E-state index in [0.29, 0.717) is 19.4 Å². The molecule has 0 aliphatic heterocycles. The topological polar surface area (TPSA) is 95.9 Å². The summed E-state index contributed by atoms with van der Waals surface area (Å²) in [5, 5.41) is 23.2. The van der Waals surface area contributed by atoms with E-state index in [1.54, 1.807) is 6.08 Å². The van der Waals surface area contributed by atoms with Crippen molar-refractivity contribution in [2.75, 3.05) is 13.2 Å². The highest BCUT2D eigenvalue weighted by Crippen LogP contribution is 2.18. The molecule has 0 rings (SSSR count). The van der Waals surface area contributed by atoms with E-state index in [9.17, 15) is 19.8 Å². The highest BCUT2D eigenvalue weighted by molar-refractivity contribution is 5.76. The van der Waals surface area contributed by atoms with E-state index in [1.165, 1.54) is 276 Å². The van der Waals surface area contributed by atoms with Gasteiger partial charge in [0.1, 0.15) is 0 Å². The minimum Gasteiger partial charge on any atom is -0.466 e. The van der Waals surface area contributed by atoms with Gasteiger partial charge in [0, 0.05) is 12.8 Å². The number of ether oxygens (including phenoxy) is 1. The van der Waals surface area contributed by atoms with Gasteiger partial charge in [0.05, 0.1) is 25.4 Å². The molecule has 0 aromatic rings. The molecule has 0 aromatic carbocycles. The number of aliphatic hydroxyl groups excluding tert-OH is 2. The van der Waals surface area contributed by atoms with Crippen LogP contribution in [0.15, 0.2) is 48.6 Å². The molecule has 0 heterocycles. The first-order valence-corrected chi connectivity index (χ1v) is 33.9. The lowest BCUT2D eigenvalue weighted by molar-refractivity contribution is -0.143. The zero-order chi connectivity index (χ0) is 55.0. The molecule has 0 fully saturated rings. The monoisotopic (exact) mass is 1070 g/mol. The van der Waals surface area contributed by atoms with Gasteiger partial charge in [-0.15, -0.1) is 0 Å². The van der Waals surface area contributed by atoms with Crippen LogP contribution < -0.4 is 5.32 Å². The summed E-state index contributed by atoms with van der Waals surface area (Å²) in [6.07, 6.45) is 84.5. The second kappa shape index (κ2) is 65.3. The molecule has 446 valence electrons. The maximum atomic E-state index is 12.5. The molecule has 6 heteroatoms. The highest BCUT2D eigenvalue weighted by Gasteiger charge is 2.18. The average molecular weight is 1070 g/mol. The zero-order valence-corrected chi connectivity index (χ0v) is 51.0. The van der Waals surface area contributed by atoms with Crippen molar-refractivity contribution in [3.05, 3.63) is 48.6 Å². The fraction of sp³-hybridized carbons (Fsp3) is 0.857. The molecule has 1 amide bonds. The predicted octanol–water partition coefficient (Wildman–Crippen LogP) is 21.7. The van der Waals surface area contributed by atoms with Gasteiger partial charge in [0.15, 0.2) is 0 Å². The summed E-state index contributed by atoms with van der Waals surface area (Å²) < 4.78 is 5.48. The number of hydrogen-bond acceptors (Lipinski definition) is 5. The zero-order valence-electron chi connectivity index (χ0n) is 51.0. The molecule has 76 heavy (non-hydrogen) atoms. The van der Waals surface area contributed by atoms with Gasteiger partial charge in [-0.1, -0.05) is 306 Å². The lowest BCUT2D eigenvalue weighted by atomic mass is 10.0. The number of nitrogens with one attached hydrogen (secondary N) is 1. The number of carbonyl (C=O) groups excluding carboxylic acids is 2. The van der Waals surface area contributed by atoms with Crippen LogP contribution in [0.2, 0.25) is 0 Å². The van der Waals surface area contributed by atoms with Crippen LogP contribution in [-0.4, -0.2) is 47.4 Å². The molecule has 2 unspecified atom stereocenters. The number of unbranched alkanes of at least 4 members (excludes halogenated alkanes) is 46. The Kier molecular flexibility index (Phi) is 63.5. The Morgan fingerprint density at radius 2 is 0.658 bits per heavy atom. The smallest absolute Gasteiger partial charge is 0.305 e. The quantitative estimate of drug-likeness (QED) is 0.0320. The largest absolute Gasteiger partial charge is 0.466 e. The van der Waals surface area contributed by atoms with Crippen LogP contribution in [-0.2, 0) is 14.3 Å². The molecule has 0 saturated heterocycles. The fourth-order valence-electron chi connectivity index (χ4n) is 10.4. The van der Waals surface area contributed by atoms with Crippen molar-refractivity contribution >= 4 is 11.9 Å². The van der Waals surface area contributed by atoms with Crippen molar-refractivity contribution in [2.24, 2.45) is 0 Å². The van der Waals surface area contributed by atoms with E-state index in [2.05, 4.69) is 55.6 Å². The summed E-state index contributed by atoms with van der Waals surface area (Å²) in [6.45, 7) is 4.89. The molecule has 0 spiro atoms. The van der Waals surface area contributed by atoms with E-state index < -0.39 is 12.1 Å². The SMILES string of the molecule is CCCCC/C=C\C/C=C\CCCCCCCC(=O)OCCCCCCCCCCCCC/C=C\CCCCCCCCCC(=O)NC(CO)C(O)/C=C/CCCCCCCCCCCCCCCCCCCCCC. The Morgan fingerprint density at radius 1 is 0.368 bits per heavy atom. The van der Waals surface area contributed by atoms with Crippen molar-refractivity contribution in [2.45, 2.75) is 373 Å². The molecule has 2 atom stereocenters. The number of amides is 1. The molecule has 6 nitrogen and oxygen atoms in total. The third-order valence-corrected chi connectivity index (χ3v) is 15.6. The van der Waals surface area contributed by atoms with Crippen LogP contribution in [0.25, 0.3) is 0 Å². The van der Waals surface area contributed by atoms with Gasteiger partial charge in [-0.25, -0.2) is 0 Å². The number of carbonyl (C=O) groups is 2. The number of aliphatic hydroxyl groups is 2. The second-order valence-electron chi connectivity index (χ2n) is 23.1. The summed E-state index contributed by atoms with van der Waals surface area (Å²) in [5.41, 5.74) is 0. The van der Waals surface area contributed by atoms with Crippen LogP contribution in [0.3, 0.4) is 0 Å². The second-order valence-corrected chi connectivity index (χ2v) is 23.1. The molecule has 0 radical (unpaired) electrons. The maximum absolute atomic E-state index is 12.5.